The highest BCUT2D eigenvalue weighted by molar-refractivity contribution is 5.18. The van der Waals surface area contributed by atoms with Crippen molar-refractivity contribution in [3.05, 3.63) is 35.9 Å². The molecule has 1 heteroatoms. The van der Waals surface area contributed by atoms with Gasteiger partial charge in [0.15, 0.2) is 0 Å². The number of nitriles is 1. The van der Waals surface area contributed by atoms with E-state index in [9.17, 15) is 0 Å². The summed E-state index contributed by atoms with van der Waals surface area (Å²) < 4.78 is 0. The smallest absolute Gasteiger partial charge is 0.0687 e. The summed E-state index contributed by atoms with van der Waals surface area (Å²) in [5.41, 5.74) is 0.977. The standard InChI is InChI=1S/C11H13N/c1-11(2,9-12)8-10-6-4-3-5-7-10/h3-7H,8H2,1-2H3. The van der Waals surface area contributed by atoms with E-state index in [-0.39, 0.29) is 5.41 Å². The Labute approximate surface area is 73.6 Å². The average molecular weight is 159 g/mol. The summed E-state index contributed by atoms with van der Waals surface area (Å²) in [4.78, 5) is 0. The maximum absolute atomic E-state index is 8.81. The molecule has 12 heavy (non-hydrogen) atoms. The first-order chi connectivity index (χ1) is 5.64. The summed E-state index contributed by atoms with van der Waals surface area (Å²) in [6.07, 6.45) is 0.824. The molecular formula is C11H13N. The number of nitrogens with zero attached hydrogens (tertiary/aromatic N) is 1. The molecule has 0 atom stereocenters. The molecule has 0 amide bonds. The predicted octanol–water partition coefficient (Wildman–Crippen LogP) is 2.78. The number of hydrogen-bond acceptors (Lipinski definition) is 1. The van der Waals surface area contributed by atoms with Gasteiger partial charge in [-0.05, 0) is 25.8 Å². The molecule has 1 aromatic carbocycles. The van der Waals surface area contributed by atoms with Gasteiger partial charge in [0.25, 0.3) is 0 Å². The van der Waals surface area contributed by atoms with Gasteiger partial charge in [0.1, 0.15) is 0 Å². The molecule has 0 N–H and O–H groups in total. The minimum Gasteiger partial charge on any atom is -0.198 e. The molecule has 1 rings (SSSR count). The molecule has 0 aliphatic heterocycles. The average Bonchev–Trinajstić information content (AvgIpc) is 2.06. The Hall–Kier alpha value is -1.29. The molecule has 1 nitrogen and oxygen atoms in total. The molecular weight excluding hydrogens is 146 g/mol. The lowest BCUT2D eigenvalue weighted by molar-refractivity contribution is 0.493. The molecule has 0 fully saturated rings. The summed E-state index contributed by atoms with van der Waals surface area (Å²) in [5.74, 6) is 0. The van der Waals surface area contributed by atoms with Crippen LogP contribution in [0.3, 0.4) is 0 Å². The first-order valence-electron chi connectivity index (χ1n) is 4.09. The Morgan fingerprint density at radius 3 is 2.33 bits per heavy atom. The van der Waals surface area contributed by atoms with E-state index in [0.717, 1.165) is 6.42 Å². The molecule has 0 bridgehead atoms. The van der Waals surface area contributed by atoms with Gasteiger partial charge >= 0.3 is 0 Å². The second-order valence-electron chi connectivity index (χ2n) is 3.66. The summed E-state index contributed by atoms with van der Waals surface area (Å²) in [6.45, 7) is 3.92. The highest BCUT2D eigenvalue weighted by Gasteiger charge is 2.16. The van der Waals surface area contributed by atoms with E-state index in [4.69, 9.17) is 5.26 Å². The van der Waals surface area contributed by atoms with E-state index in [1.54, 1.807) is 0 Å². The Balaban J connectivity index is 2.72. The van der Waals surface area contributed by atoms with Gasteiger partial charge in [-0.15, -0.1) is 0 Å². The van der Waals surface area contributed by atoms with Crippen LogP contribution in [0, 0.1) is 16.7 Å². The topological polar surface area (TPSA) is 23.8 Å². The molecule has 0 heterocycles. The molecule has 62 valence electrons. The van der Waals surface area contributed by atoms with E-state index in [1.165, 1.54) is 5.56 Å². The highest BCUT2D eigenvalue weighted by atomic mass is 14.3. The molecule has 0 aromatic heterocycles. The molecule has 0 aliphatic rings. The molecule has 0 unspecified atom stereocenters. The second-order valence-corrected chi connectivity index (χ2v) is 3.66. The zero-order valence-corrected chi connectivity index (χ0v) is 7.54. The molecule has 0 saturated carbocycles. The lowest BCUT2D eigenvalue weighted by Crippen LogP contribution is -2.11. The third-order valence-electron chi connectivity index (χ3n) is 1.79. The van der Waals surface area contributed by atoms with Crippen molar-refractivity contribution in [3.63, 3.8) is 0 Å². The van der Waals surface area contributed by atoms with Crippen molar-refractivity contribution in [2.75, 3.05) is 0 Å². The first-order valence-corrected chi connectivity index (χ1v) is 4.09. The van der Waals surface area contributed by atoms with Crippen LogP contribution in [0.15, 0.2) is 30.3 Å². The monoisotopic (exact) mass is 159 g/mol. The molecule has 0 aliphatic carbocycles. The van der Waals surface area contributed by atoms with Crippen LogP contribution in [0.4, 0.5) is 0 Å². The lowest BCUT2D eigenvalue weighted by atomic mass is 9.88. The normalized spacial score (nSPS) is 10.8. The second kappa shape index (κ2) is 3.40. The van der Waals surface area contributed by atoms with E-state index in [2.05, 4.69) is 18.2 Å². The van der Waals surface area contributed by atoms with Crippen molar-refractivity contribution in [2.24, 2.45) is 5.41 Å². The van der Waals surface area contributed by atoms with Crippen LogP contribution in [0.5, 0.6) is 0 Å². The summed E-state index contributed by atoms with van der Waals surface area (Å²) in [5, 5.41) is 8.81. The zero-order chi connectivity index (χ0) is 9.03. The van der Waals surface area contributed by atoms with Crippen LogP contribution in [0.1, 0.15) is 19.4 Å². The Kier molecular flexibility index (Phi) is 2.50. The third-order valence-corrected chi connectivity index (χ3v) is 1.79. The van der Waals surface area contributed by atoms with Crippen molar-refractivity contribution in [3.8, 4) is 6.07 Å². The van der Waals surface area contributed by atoms with Gasteiger partial charge in [-0.3, -0.25) is 0 Å². The van der Waals surface area contributed by atoms with E-state index >= 15 is 0 Å². The van der Waals surface area contributed by atoms with E-state index in [1.807, 2.05) is 32.0 Å². The van der Waals surface area contributed by atoms with Crippen LogP contribution < -0.4 is 0 Å². The van der Waals surface area contributed by atoms with Gasteiger partial charge in [0.05, 0.1) is 11.5 Å². The molecule has 0 radical (unpaired) electrons. The Morgan fingerprint density at radius 1 is 1.25 bits per heavy atom. The highest BCUT2D eigenvalue weighted by Crippen LogP contribution is 2.19. The molecule has 1 aromatic rings. The lowest BCUT2D eigenvalue weighted by Gasteiger charge is -2.14. The Bertz CT molecular complexity index is 280. The van der Waals surface area contributed by atoms with Crippen LogP contribution in [-0.2, 0) is 6.42 Å². The zero-order valence-electron chi connectivity index (χ0n) is 7.54. The molecule has 0 spiro atoms. The van der Waals surface area contributed by atoms with Crippen molar-refractivity contribution >= 4 is 0 Å². The van der Waals surface area contributed by atoms with E-state index < -0.39 is 0 Å². The van der Waals surface area contributed by atoms with Gasteiger partial charge in [0.2, 0.25) is 0 Å². The van der Waals surface area contributed by atoms with E-state index in [0.29, 0.717) is 0 Å². The summed E-state index contributed by atoms with van der Waals surface area (Å²) >= 11 is 0. The summed E-state index contributed by atoms with van der Waals surface area (Å²) in [6, 6.07) is 12.4. The maximum atomic E-state index is 8.81. The van der Waals surface area contributed by atoms with Gasteiger partial charge < -0.3 is 0 Å². The van der Waals surface area contributed by atoms with Crippen molar-refractivity contribution in [1.29, 1.82) is 5.26 Å². The van der Waals surface area contributed by atoms with Crippen LogP contribution in [0.25, 0.3) is 0 Å². The first kappa shape index (κ1) is 8.80. The van der Waals surface area contributed by atoms with Gasteiger partial charge in [-0.25, -0.2) is 0 Å². The van der Waals surface area contributed by atoms with Crippen LogP contribution >= 0.6 is 0 Å². The number of benzene rings is 1. The summed E-state index contributed by atoms with van der Waals surface area (Å²) in [7, 11) is 0. The van der Waals surface area contributed by atoms with Gasteiger partial charge in [0, 0.05) is 0 Å². The minimum atomic E-state index is -0.249. The van der Waals surface area contributed by atoms with Crippen molar-refractivity contribution < 1.29 is 0 Å². The fraction of sp³-hybridized carbons (Fsp3) is 0.364. The fourth-order valence-electron chi connectivity index (χ4n) is 1.15. The number of hydrogen-bond donors (Lipinski definition) is 0. The fourth-order valence-corrected chi connectivity index (χ4v) is 1.15. The predicted molar refractivity (Wildman–Crippen MR) is 49.5 cm³/mol. The van der Waals surface area contributed by atoms with Crippen LogP contribution in [-0.4, -0.2) is 0 Å². The quantitative estimate of drug-likeness (QED) is 0.651. The van der Waals surface area contributed by atoms with Gasteiger partial charge in [-0.2, -0.15) is 5.26 Å². The van der Waals surface area contributed by atoms with Gasteiger partial charge in [-0.1, -0.05) is 30.3 Å². The number of rotatable bonds is 2. The Morgan fingerprint density at radius 2 is 1.83 bits per heavy atom. The molecule has 0 saturated heterocycles. The SMILES string of the molecule is CC(C)(C#N)Cc1ccccc1. The van der Waals surface area contributed by atoms with Crippen LogP contribution in [0.2, 0.25) is 0 Å². The maximum Gasteiger partial charge on any atom is 0.0687 e. The van der Waals surface area contributed by atoms with Crippen molar-refractivity contribution in [1.82, 2.24) is 0 Å². The third kappa shape index (κ3) is 2.39. The largest absolute Gasteiger partial charge is 0.198 e. The van der Waals surface area contributed by atoms with Crippen molar-refractivity contribution in [2.45, 2.75) is 20.3 Å². The minimum absolute atomic E-state index is 0.249.